The van der Waals surface area contributed by atoms with E-state index in [-0.39, 0.29) is 11.6 Å². The second-order valence-corrected chi connectivity index (χ2v) is 11.7. The summed E-state index contributed by atoms with van der Waals surface area (Å²) < 4.78 is 26.6. The summed E-state index contributed by atoms with van der Waals surface area (Å²) in [4.78, 5) is 21.3. The van der Waals surface area contributed by atoms with Crippen molar-refractivity contribution in [1.82, 2.24) is 9.97 Å². The summed E-state index contributed by atoms with van der Waals surface area (Å²) in [5.74, 6) is 0.293. The monoisotopic (exact) mass is 605 g/mol. The zero-order valence-corrected chi connectivity index (χ0v) is 25.0. The highest BCUT2D eigenvalue weighted by atomic mass is 19.1. The van der Waals surface area contributed by atoms with Crippen LogP contribution >= 0.6 is 0 Å². The number of allylic oxidation sites excluding steroid dienone is 1. The summed E-state index contributed by atoms with van der Waals surface area (Å²) in [6, 6.07) is 30.7. The van der Waals surface area contributed by atoms with Gasteiger partial charge in [-0.25, -0.2) is 8.78 Å². The third-order valence-corrected chi connectivity index (χ3v) is 8.56. The third kappa shape index (κ3) is 5.80. The van der Waals surface area contributed by atoms with Gasteiger partial charge in [0.1, 0.15) is 11.6 Å². The highest BCUT2D eigenvalue weighted by Gasteiger charge is 2.31. The second-order valence-electron chi connectivity index (χ2n) is 11.7. The topological polar surface area (TPSA) is 66.6 Å². The average molecular weight is 606 g/mol. The van der Waals surface area contributed by atoms with Gasteiger partial charge >= 0.3 is 0 Å². The van der Waals surface area contributed by atoms with Gasteiger partial charge in [0.2, 0.25) is 0 Å². The summed E-state index contributed by atoms with van der Waals surface area (Å²) in [6.07, 6.45) is 8.63. The number of halogens is 2. The van der Waals surface area contributed by atoms with E-state index in [0.717, 1.165) is 93.0 Å². The van der Waals surface area contributed by atoms with Crippen molar-refractivity contribution in [2.45, 2.75) is 37.5 Å². The number of aromatic nitrogens is 2. The van der Waals surface area contributed by atoms with Gasteiger partial charge in [-0.1, -0.05) is 60.7 Å². The van der Waals surface area contributed by atoms with E-state index in [2.05, 4.69) is 6.07 Å². The van der Waals surface area contributed by atoms with Gasteiger partial charge < -0.3 is 0 Å². The Labute approximate surface area is 265 Å². The molecular formula is C40H29F2N3O. The number of nitriles is 1. The van der Waals surface area contributed by atoms with Gasteiger partial charge in [0.25, 0.3) is 0 Å². The zero-order chi connectivity index (χ0) is 31.6. The van der Waals surface area contributed by atoms with E-state index in [4.69, 9.17) is 15.2 Å². The molecule has 6 heteroatoms. The lowest BCUT2D eigenvalue weighted by atomic mass is 9.92. The summed E-state index contributed by atoms with van der Waals surface area (Å²) in [6.45, 7) is 0. The van der Waals surface area contributed by atoms with Crippen LogP contribution in [-0.2, 0) is 0 Å². The lowest BCUT2D eigenvalue weighted by Crippen LogP contribution is -2.00. The van der Waals surface area contributed by atoms with Gasteiger partial charge in [0.05, 0.1) is 28.5 Å². The van der Waals surface area contributed by atoms with E-state index >= 15 is 0 Å². The summed E-state index contributed by atoms with van der Waals surface area (Å²) in [7, 11) is 0. The number of pyridine rings is 2. The molecule has 0 unspecified atom stereocenters. The maximum atomic E-state index is 13.4. The van der Waals surface area contributed by atoms with Gasteiger partial charge in [-0.3, -0.25) is 14.8 Å². The zero-order valence-electron chi connectivity index (χ0n) is 25.0. The molecule has 0 bridgehead atoms. The number of para-hydroxylation sites is 2. The molecule has 2 heterocycles. The van der Waals surface area contributed by atoms with Crippen molar-refractivity contribution >= 4 is 34.2 Å². The Hall–Kier alpha value is -5.54. The summed E-state index contributed by atoms with van der Waals surface area (Å²) in [5, 5.41) is 10.9. The van der Waals surface area contributed by atoms with E-state index in [0.29, 0.717) is 17.4 Å². The standard InChI is InChI=1S/C21H15FN2.C19H14FNO/c22-16-11-9-14(10-12-16)20-17-4-1-2-6-19(17)24-21(15-7-8-15)18(20)5-3-13-23;20-14-9-7-12(8-10-14)18-15-3-1-2-4-17(15)21-19(13-5-6-13)16(18)11-22/h1-6,9-12,15H,7-8H2;1-4,7-11,13H,5-6H2/b5-3+;. The first-order valence-corrected chi connectivity index (χ1v) is 15.4. The minimum atomic E-state index is -0.280. The van der Waals surface area contributed by atoms with Crippen molar-refractivity contribution in [3.05, 3.63) is 137 Å². The predicted octanol–water partition coefficient (Wildman–Crippen LogP) is 10.2. The first-order valence-electron chi connectivity index (χ1n) is 15.4. The average Bonchev–Trinajstić information content (AvgIpc) is 4.02. The van der Waals surface area contributed by atoms with Gasteiger partial charge in [-0.2, -0.15) is 5.26 Å². The molecule has 8 rings (SSSR count). The highest BCUT2D eigenvalue weighted by Crippen LogP contribution is 2.46. The third-order valence-electron chi connectivity index (χ3n) is 8.56. The van der Waals surface area contributed by atoms with Crippen LogP contribution in [0.3, 0.4) is 0 Å². The van der Waals surface area contributed by atoms with Crippen LogP contribution in [0.5, 0.6) is 0 Å². The van der Waals surface area contributed by atoms with E-state index in [1.165, 1.54) is 30.3 Å². The van der Waals surface area contributed by atoms with Crippen molar-refractivity contribution in [2.24, 2.45) is 0 Å². The Morgan fingerprint density at radius 2 is 1.07 bits per heavy atom. The largest absolute Gasteiger partial charge is 0.298 e. The van der Waals surface area contributed by atoms with Crippen molar-refractivity contribution in [1.29, 1.82) is 5.26 Å². The number of benzene rings is 4. The van der Waals surface area contributed by atoms with Gasteiger partial charge in [-0.05, 0) is 79.3 Å². The van der Waals surface area contributed by atoms with Crippen LogP contribution in [0.2, 0.25) is 0 Å². The molecule has 0 aliphatic heterocycles. The highest BCUT2D eigenvalue weighted by molar-refractivity contribution is 6.04. The normalized spacial score (nSPS) is 14.2. The van der Waals surface area contributed by atoms with Crippen LogP contribution in [0.15, 0.2) is 103 Å². The molecule has 0 atom stereocenters. The fourth-order valence-electron chi connectivity index (χ4n) is 6.09. The van der Waals surface area contributed by atoms with Crippen molar-refractivity contribution in [3.8, 4) is 28.3 Å². The Bertz CT molecular complexity index is 2160. The Balaban J connectivity index is 0.000000147. The van der Waals surface area contributed by atoms with Crippen LogP contribution in [0, 0.1) is 23.0 Å². The summed E-state index contributed by atoms with van der Waals surface area (Å²) in [5.41, 5.74) is 9.04. The molecule has 2 aliphatic carbocycles. The molecule has 0 spiro atoms. The number of hydrogen-bond acceptors (Lipinski definition) is 4. The molecule has 0 saturated heterocycles. The first-order chi connectivity index (χ1) is 22.6. The van der Waals surface area contributed by atoms with Gasteiger partial charge in [-0.15, -0.1) is 0 Å². The first kappa shape index (κ1) is 29.2. The van der Waals surface area contributed by atoms with E-state index in [9.17, 15) is 13.6 Å². The van der Waals surface area contributed by atoms with Crippen LogP contribution in [0.1, 0.15) is 64.8 Å². The Kier molecular flexibility index (Phi) is 7.90. The van der Waals surface area contributed by atoms with E-state index in [1.54, 1.807) is 24.3 Å². The van der Waals surface area contributed by atoms with Crippen molar-refractivity contribution < 1.29 is 13.6 Å². The molecule has 0 N–H and O–H groups in total. The quantitative estimate of drug-likeness (QED) is 0.140. The number of carbonyl (C=O) groups excluding carboxylic acids is 1. The number of nitrogens with zero attached hydrogens (tertiary/aromatic N) is 3. The Morgan fingerprint density at radius 3 is 1.50 bits per heavy atom. The fourth-order valence-corrected chi connectivity index (χ4v) is 6.09. The van der Waals surface area contributed by atoms with Gasteiger partial charge in [0, 0.05) is 50.9 Å². The smallest absolute Gasteiger partial charge is 0.152 e. The number of hydrogen-bond donors (Lipinski definition) is 0. The molecule has 4 nitrogen and oxygen atoms in total. The minimum absolute atomic E-state index is 0.256. The molecule has 0 radical (unpaired) electrons. The number of rotatable bonds is 6. The van der Waals surface area contributed by atoms with Crippen molar-refractivity contribution in [2.75, 3.05) is 0 Å². The van der Waals surface area contributed by atoms with Crippen molar-refractivity contribution in [3.63, 3.8) is 0 Å². The van der Waals surface area contributed by atoms with Gasteiger partial charge in [0.15, 0.2) is 6.29 Å². The lowest BCUT2D eigenvalue weighted by molar-refractivity contribution is 0.112. The molecule has 224 valence electrons. The maximum absolute atomic E-state index is 13.4. The van der Waals surface area contributed by atoms with Crippen LogP contribution in [-0.4, -0.2) is 16.3 Å². The molecule has 2 saturated carbocycles. The molecule has 4 aromatic carbocycles. The van der Waals surface area contributed by atoms with Crippen LogP contribution in [0.4, 0.5) is 8.78 Å². The van der Waals surface area contributed by atoms with Crippen LogP contribution < -0.4 is 0 Å². The molecule has 2 aromatic heterocycles. The molecule has 2 fully saturated rings. The molecule has 0 amide bonds. The summed E-state index contributed by atoms with van der Waals surface area (Å²) >= 11 is 0. The predicted molar refractivity (Wildman–Crippen MR) is 178 cm³/mol. The number of fused-ring (bicyclic) bond motifs is 2. The second kappa shape index (κ2) is 12.5. The van der Waals surface area contributed by atoms with E-state index in [1.807, 2.05) is 54.6 Å². The molecule has 46 heavy (non-hydrogen) atoms. The minimum Gasteiger partial charge on any atom is -0.298 e. The van der Waals surface area contributed by atoms with Crippen LogP contribution in [0.25, 0.3) is 50.1 Å². The maximum Gasteiger partial charge on any atom is 0.152 e. The molecular weight excluding hydrogens is 576 g/mol. The fraction of sp³-hybridized carbons (Fsp3) is 0.150. The SMILES string of the molecule is N#C/C=C/c1c(C2CC2)nc2ccccc2c1-c1ccc(F)cc1.O=Cc1c(C2CC2)nc2ccccc2c1-c1ccc(F)cc1. The number of aldehydes is 1. The Morgan fingerprint density at radius 1 is 0.630 bits per heavy atom. The lowest BCUT2D eigenvalue weighted by Gasteiger charge is -2.15. The molecule has 6 aromatic rings. The van der Waals surface area contributed by atoms with E-state index < -0.39 is 0 Å². The molecule has 2 aliphatic rings. The number of carbonyl (C=O) groups is 1.